The highest BCUT2D eigenvalue weighted by molar-refractivity contribution is 7.91. The first-order valence-corrected chi connectivity index (χ1v) is 12.5. The van der Waals surface area contributed by atoms with E-state index in [9.17, 15) is 49.1 Å². The van der Waals surface area contributed by atoms with Crippen molar-refractivity contribution in [2.45, 2.75) is 31.6 Å². The number of hydrogen-bond acceptors (Lipinski definition) is 7. The number of benzene rings is 1. The Morgan fingerprint density at radius 3 is 2.40 bits per heavy atom. The molecule has 0 saturated carbocycles. The van der Waals surface area contributed by atoms with Crippen molar-refractivity contribution < 1.29 is 49.2 Å². The first kappa shape index (κ1) is 31.9. The largest absolute Gasteiger partial charge is 0.471 e. The zero-order valence-electron chi connectivity index (χ0n) is 20.4. The van der Waals surface area contributed by atoms with Gasteiger partial charge < -0.3 is 20.5 Å². The number of guanidine groups is 1. The Bertz CT molecular complexity index is 1440. The van der Waals surface area contributed by atoms with Crippen LogP contribution in [0.25, 0.3) is 0 Å². The van der Waals surface area contributed by atoms with E-state index in [0.717, 1.165) is 22.8 Å². The van der Waals surface area contributed by atoms with Gasteiger partial charge in [0.15, 0.2) is 0 Å². The molecule has 0 fully saturated rings. The number of oxime groups is 1. The Hall–Kier alpha value is -4.29. The Morgan fingerprint density at radius 2 is 1.77 bits per heavy atom. The Balaban J connectivity index is 1.98. The van der Waals surface area contributed by atoms with Gasteiger partial charge in [-0.15, -0.1) is 0 Å². The molecule has 0 bridgehead atoms. The van der Waals surface area contributed by atoms with Crippen molar-refractivity contribution in [3.05, 3.63) is 63.6 Å². The average molecular weight is 600 g/mol. The summed E-state index contributed by atoms with van der Waals surface area (Å²) in [5, 5.41) is 6.55. The minimum atomic E-state index is -5.19. The van der Waals surface area contributed by atoms with Crippen molar-refractivity contribution in [3.63, 3.8) is 0 Å². The van der Waals surface area contributed by atoms with E-state index < -0.39 is 75.9 Å². The van der Waals surface area contributed by atoms with Crippen LogP contribution in [0.2, 0.25) is 0 Å². The molecule has 19 heteroatoms. The molecule has 0 radical (unpaired) electrons. The first-order chi connectivity index (χ1) is 18.4. The normalized spacial score (nSPS) is 12.5. The van der Waals surface area contributed by atoms with Crippen LogP contribution in [-0.2, 0) is 42.9 Å². The maximum absolute atomic E-state index is 12.9. The predicted molar refractivity (Wildman–Crippen MR) is 128 cm³/mol. The van der Waals surface area contributed by atoms with Crippen molar-refractivity contribution in [1.82, 2.24) is 15.2 Å². The number of carbonyl (C=O) groups excluding carboxylic acids is 2. The highest BCUT2D eigenvalue weighted by Gasteiger charge is 2.39. The Morgan fingerprint density at radius 1 is 1.10 bits per heavy atom. The summed E-state index contributed by atoms with van der Waals surface area (Å²) >= 11 is 0. The zero-order valence-corrected chi connectivity index (χ0v) is 21.2. The van der Waals surface area contributed by atoms with E-state index in [1.54, 1.807) is 0 Å². The fraction of sp³-hybridized carbons (Fsp3) is 0.333. The molecule has 0 unspecified atom stereocenters. The van der Waals surface area contributed by atoms with Crippen LogP contribution in [-0.4, -0.2) is 50.1 Å². The van der Waals surface area contributed by atoms with Gasteiger partial charge in [-0.3, -0.25) is 24.4 Å². The molecule has 0 aliphatic rings. The third kappa shape index (κ3) is 9.79. The summed E-state index contributed by atoms with van der Waals surface area (Å²) < 4.78 is 103. The van der Waals surface area contributed by atoms with Gasteiger partial charge in [0.05, 0.1) is 17.9 Å². The van der Waals surface area contributed by atoms with Gasteiger partial charge in [-0.1, -0.05) is 18.2 Å². The molecule has 1 aromatic heterocycles. The van der Waals surface area contributed by atoms with E-state index in [1.165, 1.54) is 24.4 Å². The molecule has 0 spiro atoms. The minimum Gasteiger partial charge on any atom is -0.391 e. The molecule has 0 aliphatic carbocycles. The average Bonchev–Trinajstić information content (AvgIpc) is 2.82. The lowest BCUT2D eigenvalue weighted by molar-refractivity contribution is -0.171. The Labute approximate surface area is 222 Å². The van der Waals surface area contributed by atoms with Gasteiger partial charge in [-0.25, -0.2) is 8.42 Å². The molecule has 0 saturated heterocycles. The molecule has 2 aromatic rings. The number of sulfonamides is 1. The van der Waals surface area contributed by atoms with Crippen LogP contribution < -0.4 is 26.6 Å². The van der Waals surface area contributed by atoms with Gasteiger partial charge >= 0.3 is 18.3 Å². The molecule has 0 aliphatic heterocycles. The predicted octanol–water partition coefficient (Wildman–Crippen LogP) is 1.16. The van der Waals surface area contributed by atoms with E-state index in [4.69, 9.17) is 5.73 Å². The van der Waals surface area contributed by atoms with Crippen molar-refractivity contribution in [2.75, 3.05) is 17.9 Å². The third-order valence-electron chi connectivity index (χ3n) is 4.75. The number of nitrogens with one attached hydrogen (secondary N) is 3. The first-order valence-electron chi connectivity index (χ1n) is 10.9. The van der Waals surface area contributed by atoms with Crippen LogP contribution in [0.3, 0.4) is 0 Å². The quantitative estimate of drug-likeness (QED) is 0.104. The number of carbonyl (C=O) groups is 2. The second-order valence-corrected chi connectivity index (χ2v) is 9.67. The number of aromatic nitrogens is 1. The summed E-state index contributed by atoms with van der Waals surface area (Å²) in [5.41, 5.74) is 2.71. The number of amides is 2. The van der Waals surface area contributed by atoms with Gasteiger partial charge in [0, 0.05) is 5.69 Å². The maximum atomic E-state index is 12.9. The highest BCUT2D eigenvalue weighted by Crippen LogP contribution is 2.30. The molecular weight excluding hydrogens is 578 g/mol. The number of anilines is 1. The molecule has 2 rings (SSSR count). The van der Waals surface area contributed by atoms with Gasteiger partial charge in [-0.2, -0.15) is 26.3 Å². The van der Waals surface area contributed by atoms with Gasteiger partial charge in [0.2, 0.25) is 21.9 Å². The fourth-order valence-electron chi connectivity index (χ4n) is 2.97. The molecule has 1 heterocycles. The van der Waals surface area contributed by atoms with Gasteiger partial charge in [0.25, 0.3) is 5.56 Å². The summed E-state index contributed by atoms with van der Waals surface area (Å²) in [5.74, 6) is -4.97. The van der Waals surface area contributed by atoms with E-state index in [-0.39, 0.29) is 17.8 Å². The summed E-state index contributed by atoms with van der Waals surface area (Å²) in [6.07, 6.45) is -9.87. The van der Waals surface area contributed by atoms with Crippen LogP contribution in [0.1, 0.15) is 16.8 Å². The van der Waals surface area contributed by atoms with Crippen molar-refractivity contribution >= 4 is 33.5 Å². The molecule has 5 N–H and O–H groups in total. The van der Waals surface area contributed by atoms with E-state index >= 15 is 0 Å². The van der Waals surface area contributed by atoms with Crippen LogP contribution in [0.15, 0.2) is 46.3 Å². The van der Waals surface area contributed by atoms with E-state index in [0.29, 0.717) is 6.07 Å². The summed E-state index contributed by atoms with van der Waals surface area (Å²) in [4.78, 5) is 40.3. The number of pyridine rings is 1. The molecule has 2 amide bonds. The van der Waals surface area contributed by atoms with Crippen LogP contribution >= 0.6 is 0 Å². The number of nitrogens with zero attached hydrogens (tertiary/aromatic N) is 2. The topological polar surface area (TPSA) is 174 Å². The lowest BCUT2D eigenvalue weighted by atomic mass is 10.1. The highest BCUT2D eigenvalue weighted by atomic mass is 32.2. The summed E-state index contributed by atoms with van der Waals surface area (Å²) in [6, 6.07) is 6.12. The molecule has 12 nitrogen and oxygen atoms in total. The maximum Gasteiger partial charge on any atom is 0.471 e. The minimum absolute atomic E-state index is 0.176. The number of nitrogens with two attached hydrogens (primary N) is 1. The van der Waals surface area contributed by atoms with Crippen LogP contribution in [0, 0.1) is 6.92 Å². The molecule has 0 atom stereocenters. The van der Waals surface area contributed by atoms with Gasteiger partial charge in [-0.05, 0) is 35.8 Å². The summed E-state index contributed by atoms with van der Waals surface area (Å²) in [7, 11) is -4.33. The smallest absolute Gasteiger partial charge is 0.391 e. The third-order valence-corrected chi connectivity index (χ3v) is 5.99. The van der Waals surface area contributed by atoms with Crippen LogP contribution in [0.4, 0.5) is 32.0 Å². The van der Waals surface area contributed by atoms with E-state index in [1.807, 2.05) is 4.72 Å². The number of aryl methyl sites for hydroxylation is 1. The monoisotopic (exact) mass is 600 g/mol. The zero-order chi connectivity index (χ0) is 30.3. The van der Waals surface area contributed by atoms with Gasteiger partial charge in [0.1, 0.15) is 18.8 Å². The van der Waals surface area contributed by atoms with Crippen molar-refractivity contribution in [1.29, 1.82) is 0 Å². The second-order valence-electron chi connectivity index (χ2n) is 7.95. The second kappa shape index (κ2) is 12.7. The Kier molecular flexibility index (Phi) is 10.1. The lowest BCUT2D eigenvalue weighted by Gasteiger charge is -2.14. The SMILES string of the molecule is Cc1ccc(NS(=O)(=O)Cc2cccc(C(F)(F)F)c2)c(=O)n1CC(=O)NCCO/N=C(\N)NC(=O)C(F)(F)F. The van der Waals surface area contributed by atoms with Crippen molar-refractivity contribution in [2.24, 2.45) is 10.9 Å². The molecular formula is C21H22F6N6O6S. The van der Waals surface area contributed by atoms with E-state index in [2.05, 4.69) is 15.3 Å². The number of halogens is 6. The van der Waals surface area contributed by atoms with Crippen molar-refractivity contribution in [3.8, 4) is 0 Å². The molecule has 40 heavy (non-hydrogen) atoms. The van der Waals surface area contributed by atoms with Crippen LogP contribution in [0.5, 0.6) is 0 Å². The lowest BCUT2D eigenvalue weighted by Crippen LogP contribution is -2.44. The number of hydrogen-bond donors (Lipinski definition) is 4. The number of alkyl halides is 6. The molecule has 1 aromatic carbocycles. The number of rotatable bonds is 10. The fourth-order valence-corrected chi connectivity index (χ4v) is 4.15. The standard InChI is InChI=1S/C21H22F6N6O6S/c1-12-5-6-15(32-40(37,38)11-13-3-2-4-14(9-13)20(22,23)24)17(35)33(12)10-16(34)29-7-8-39-31-19(28)30-18(36)21(25,26)27/h2-6,9,32H,7-8,10-11H2,1H3,(H,29,34)(H3,28,30,31,36). The molecule has 220 valence electrons. The summed E-state index contributed by atoms with van der Waals surface area (Å²) in [6.45, 7) is 0.226.